The number of carbonyl (C=O) groups excluding carboxylic acids is 1. The largest absolute Gasteiger partial charge is 0.478 e. The highest BCUT2D eigenvalue weighted by molar-refractivity contribution is 5.88. The van der Waals surface area contributed by atoms with Gasteiger partial charge in [-0.15, -0.1) is 12.4 Å². The summed E-state index contributed by atoms with van der Waals surface area (Å²) in [5.74, 6) is -1.17. The van der Waals surface area contributed by atoms with E-state index >= 15 is 0 Å². The number of ether oxygens (including phenoxy) is 1. The van der Waals surface area contributed by atoms with Crippen LogP contribution in [0.2, 0.25) is 0 Å². The van der Waals surface area contributed by atoms with Gasteiger partial charge in [-0.25, -0.2) is 4.79 Å². The maximum atomic E-state index is 11.6. The summed E-state index contributed by atoms with van der Waals surface area (Å²) < 4.78 is 5.20. The Hall–Kier alpha value is -1.49. The molecule has 0 aliphatic carbocycles. The molecule has 1 N–H and O–H groups in total. The summed E-state index contributed by atoms with van der Waals surface area (Å²) in [6, 6.07) is -0.301. The van der Waals surface area contributed by atoms with Gasteiger partial charge in [-0.1, -0.05) is 32.6 Å². The fourth-order valence-electron chi connectivity index (χ4n) is 2.20. The molecule has 0 aromatic rings. The topological polar surface area (TPSA) is 66.8 Å². The Morgan fingerprint density at radius 3 is 2.59 bits per heavy atom. The van der Waals surface area contributed by atoms with Crippen LogP contribution in [-0.4, -0.2) is 34.7 Å². The maximum absolute atomic E-state index is 11.6. The van der Waals surface area contributed by atoms with Crippen molar-refractivity contribution in [2.24, 2.45) is 0 Å². The molecule has 126 valence electrons. The SMILES string of the molecule is CCCCCCCC(=O)OCN1C=CC=C(C(=O)O)C1C.Cl. The zero-order valence-corrected chi connectivity index (χ0v) is 14.1. The summed E-state index contributed by atoms with van der Waals surface area (Å²) in [6.07, 6.45) is 10.8. The van der Waals surface area contributed by atoms with Crippen molar-refractivity contribution in [1.82, 2.24) is 4.90 Å². The van der Waals surface area contributed by atoms with Gasteiger partial charge in [0, 0.05) is 12.6 Å². The van der Waals surface area contributed by atoms with E-state index in [1.807, 2.05) is 0 Å². The van der Waals surface area contributed by atoms with Crippen LogP contribution >= 0.6 is 12.4 Å². The van der Waals surface area contributed by atoms with Crippen LogP contribution in [0.1, 0.15) is 52.4 Å². The van der Waals surface area contributed by atoms with E-state index in [0.29, 0.717) is 12.0 Å². The first kappa shape index (κ1) is 20.5. The summed E-state index contributed by atoms with van der Waals surface area (Å²) in [5.41, 5.74) is 0.299. The molecule has 0 aromatic heterocycles. The lowest BCUT2D eigenvalue weighted by molar-refractivity contribution is -0.148. The molecule has 0 fully saturated rings. The van der Waals surface area contributed by atoms with E-state index in [1.54, 1.807) is 30.2 Å². The third-order valence-electron chi connectivity index (χ3n) is 3.61. The second-order valence-corrected chi connectivity index (χ2v) is 5.27. The van der Waals surface area contributed by atoms with Crippen LogP contribution in [0.4, 0.5) is 0 Å². The normalized spacial score (nSPS) is 16.7. The van der Waals surface area contributed by atoms with E-state index in [1.165, 1.54) is 12.8 Å². The zero-order valence-electron chi connectivity index (χ0n) is 13.3. The van der Waals surface area contributed by atoms with Crippen molar-refractivity contribution < 1.29 is 19.4 Å². The fourth-order valence-corrected chi connectivity index (χ4v) is 2.20. The predicted octanol–water partition coefficient (Wildman–Crippen LogP) is 3.50. The van der Waals surface area contributed by atoms with E-state index in [0.717, 1.165) is 19.3 Å². The number of aliphatic carboxylic acids is 1. The molecular weight excluding hydrogens is 306 g/mol. The van der Waals surface area contributed by atoms with Crippen molar-refractivity contribution in [3.63, 3.8) is 0 Å². The molecule has 5 nitrogen and oxygen atoms in total. The minimum Gasteiger partial charge on any atom is -0.478 e. The van der Waals surface area contributed by atoms with Gasteiger partial charge in [-0.05, 0) is 25.5 Å². The Morgan fingerprint density at radius 1 is 1.27 bits per heavy atom. The highest BCUT2D eigenvalue weighted by Gasteiger charge is 2.23. The highest BCUT2D eigenvalue weighted by Crippen LogP contribution is 2.16. The molecule has 0 spiro atoms. The first-order valence-corrected chi connectivity index (χ1v) is 7.59. The number of unbranched alkanes of at least 4 members (excludes halogenated alkanes) is 4. The average Bonchev–Trinajstić information content (AvgIpc) is 2.45. The standard InChI is InChI=1S/C16H25NO4.ClH/c1-3-4-5-6-7-10-15(18)21-12-17-11-8-9-14(13(17)2)16(19)20;/h8-9,11,13H,3-7,10,12H2,1-2H3,(H,19,20);1H. The summed E-state index contributed by atoms with van der Waals surface area (Å²) in [6.45, 7) is 4.03. The fraction of sp³-hybridized carbons (Fsp3) is 0.625. The molecule has 22 heavy (non-hydrogen) atoms. The number of nitrogens with zero attached hydrogens (tertiary/aromatic N) is 1. The second kappa shape index (κ2) is 11.1. The quantitative estimate of drug-likeness (QED) is 0.517. The molecule has 0 saturated carbocycles. The molecule has 1 aliphatic rings. The number of halogens is 1. The number of hydrogen-bond donors (Lipinski definition) is 1. The van der Waals surface area contributed by atoms with Crippen LogP contribution in [0.25, 0.3) is 0 Å². The lowest BCUT2D eigenvalue weighted by Gasteiger charge is -2.29. The van der Waals surface area contributed by atoms with Crippen LogP contribution < -0.4 is 0 Å². The maximum Gasteiger partial charge on any atom is 0.333 e. The molecule has 0 bridgehead atoms. The van der Waals surface area contributed by atoms with Crippen LogP contribution in [0.5, 0.6) is 0 Å². The summed E-state index contributed by atoms with van der Waals surface area (Å²) in [5, 5.41) is 9.05. The predicted molar refractivity (Wildman–Crippen MR) is 87.7 cm³/mol. The van der Waals surface area contributed by atoms with Crippen molar-refractivity contribution in [3.05, 3.63) is 23.9 Å². The van der Waals surface area contributed by atoms with E-state index in [4.69, 9.17) is 9.84 Å². The summed E-state index contributed by atoms with van der Waals surface area (Å²) in [7, 11) is 0. The molecule has 0 amide bonds. The van der Waals surface area contributed by atoms with Gasteiger partial charge in [-0.3, -0.25) is 4.79 Å². The molecule has 1 rings (SSSR count). The van der Waals surface area contributed by atoms with Crippen molar-refractivity contribution in [1.29, 1.82) is 0 Å². The lowest BCUT2D eigenvalue weighted by Crippen LogP contribution is -2.36. The number of esters is 1. The number of rotatable bonds is 9. The Labute approximate surface area is 138 Å². The minimum absolute atomic E-state index is 0. The molecule has 1 heterocycles. The Bertz CT molecular complexity index is 420. The van der Waals surface area contributed by atoms with Crippen LogP contribution in [-0.2, 0) is 14.3 Å². The third kappa shape index (κ3) is 6.98. The lowest BCUT2D eigenvalue weighted by atomic mass is 10.1. The molecule has 0 radical (unpaired) electrons. The molecule has 6 heteroatoms. The number of carboxylic acids is 1. The van der Waals surface area contributed by atoms with Gasteiger partial charge in [0.25, 0.3) is 0 Å². The minimum atomic E-state index is -0.945. The Morgan fingerprint density at radius 2 is 1.95 bits per heavy atom. The van der Waals surface area contributed by atoms with Crippen LogP contribution in [0.3, 0.4) is 0 Å². The monoisotopic (exact) mass is 331 g/mol. The first-order valence-electron chi connectivity index (χ1n) is 7.59. The Kier molecular flexibility index (Phi) is 10.4. The zero-order chi connectivity index (χ0) is 15.7. The van der Waals surface area contributed by atoms with Crippen LogP contribution in [0.15, 0.2) is 23.9 Å². The Balaban J connectivity index is 0.00000441. The van der Waals surface area contributed by atoms with Gasteiger partial charge in [-0.2, -0.15) is 0 Å². The van der Waals surface area contributed by atoms with Crippen molar-refractivity contribution in [3.8, 4) is 0 Å². The first-order chi connectivity index (χ1) is 10.1. The second-order valence-electron chi connectivity index (χ2n) is 5.27. The molecule has 1 unspecified atom stereocenters. The van der Waals surface area contributed by atoms with E-state index in [-0.39, 0.29) is 31.1 Å². The van der Waals surface area contributed by atoms with E-state index in [2.05, 4.69) is 6.92 Å². The smallest absolute Gasteiger partial charge is 0.333 e. The van der Waals surface area contributed by atoms with Crippen molar-refractivity contribution in [2.75, 3.05) is 6.73 Å². The number of carboxylic acid groups (broad SMARTS) is 1. The third-order valence-corrected chi connectivity index (χ3v) is 3.61. The molecule has 1 aliphatic heterocycles. The molecule has 1 atom stereocenters. The van der Waals surface area contributed by atoms with Gasteiger partial charge < -0.3 is 14.7 Å². The number of allylic oxidation sites excluding steroid dienone is 2. The summed E-state index contributed by atoms with van der Waals surface area (Å²) >= 11 is 0. The van der Waals surface area contributed by atoms with Crippen molar-refractivity contribution >= 4 is 24.3 Å². The van der Waals surface area contributed by atoms with E-state index in [9.17, 15) is 9.59 Å². The molecule has 0 aromatic carbocycles. The molecule has 0 saturated heterocycles. The summed E-state index contributed by atoms with van der Waals surface area (Å²) in [4.78, 5) is 24.4. The number of carbonyl (C=O) groups is 2. The average molecular weight is 332 g/mol. The highest BCUT2D eigenvalue weighted by atomic mass is 35.5. The van der Waals surface area contributed by atoms with Gasteiger partial charge in [0.1, 0.15) is 0 Å². The van der Waals surface area contributed by atoms with Crippen LogP contribution in [0, 0.1) is 0 Å². The van der Waals surface area contributed by atoms with Gasteiger partial charge in [0.2, 0.25) is 0 Å². The van der Waals surface area contributed by atoms with E-state index < -0.39 is 5.97 Å². The van der Waals surface area contributed by atoms with Gasteiger partial charge in [0.05, 0.1) is 11.6 Å². The van der Waals surface area contributed by atoms with Gasteiger partial charge >= 0.3 is 11.9 Å². The number of hydrogen-bond acceptors (Lipinski definition) is 4. The van der Waals surface area contributed by atoms with Crippen molar-refractivity contribution in [2.45, 2.75) is 58.4 Å². The molecular formula is C16H26ClNO4. The van der Waals surface area contributed by atoms with Gasteiger partial charge in [0.15, 0.2) is 6.73 Å².